The predicted molar refractivity (Wildman–Crippen MR) is 266 cm³/mol. The Morgan fingerprint density at radius 2 is 0.571 bits per heavy atom. The summed E-state index contributed by atoms with van der Waals surface area (Å²) in [6, 6.07) is 90.0. The van der Waals surface area contributed by atoms with Gasteiger partial charge in [-0.15, -0.1) is 0 Å². The predicted octanol–water partition coefficient (Wildman–Crippen LogP) is 16.4. The Hall–Kier alpha value is -8.40. The first-order chi connectivity index (χ1) is 31.2. The molecule has 3 heteroatoms. The molecular weight excluding hydrogens is 763 g/mol. The molecule has 0 atom stereocenters. The van der Waals surface area contributed by atoms with E-state index in [0.717, 1.165) is 22.7 Å². The van der Waals surface area contributed by atoms with Crippen LogP contribution in [-0.2, 0) is 0 Å². The zero-order valence-electron chi connectivity index (χ0n) is 34.5. The van der Waals surface area contributed by atoms with Crippen LogP contribution in [0.15, 0.2) is 249 Å². The van der Waals surface area contributed by atoms with Gasteiger partial charge in [0.25, 0.3) is 0 Å². The molecule has 0 aliphatic heterocycles. The molecule has 0 spiro atoms. The minimum atomic E-state index is 1.09. The van der Waals surface area contributed by atoms with Crippen molar-refractivity contribution in [3.05, 3.63) is 249 Å². The van der Waals surface area contributed by atoms with Crippen LogP contribution in [0.25, 0.3) is 88.4 Å². The molecule has 2 heterocycles. The molecule has 10 aromatic carbocycles. The average Bonchev–Trinajstić information content (AvgIpc) is 3.88. The molecule has 0 aliphatic rings. The molecule has 63 heavy (non-hydrogen) atoms. The third-order valence-electron chi connectivity index (χ3n) is 12.5. The number of para-hydroxylation sites is 4. The summed E-state index contributed by atoms with van der Waals surface area (Å²) in [5, 5.41) is 5.03. The zero-order chi connectivity index (χ0) is 41.7. The van der Waals surface area contributed by atoms with Crippen molar-refractivity contribution in [3.8, 4) is 44.8 Å². The van der Waals surface area contributed by atoms with Crippen LogP contribution in [0.3, 0.4) is 0 Å². The van der Waals surface area contributed by atoms with Crippen molar-refractivity contribution in [3.63, 3.8) is 0 Å². The van der Waals surface area contributed by atoms with Crippen molar-refractivity contribution in [2.75, 3.05) is 4.90 Å². The van der Waals surface area contributed by atoms with Crippen LogP contribution in [0.1, 0.15) is 0 Å². The van der Waals surface area contributed by atoms with E-state index in [4.69, 9.17) is 0 Å². The molecule has 2 aromatic heterocycles. The number of hydrogen-bond acceptors (Lipinski definition) is 1. The van der Waals surface area contributed by atoms with Gasteiger partial charge in [-0.1, -0.05) is 152 Å². The van der Waals surface area contributed by atoms with Crippen molar-refractivity contribution in [2.24, 2.45) is 0 Å². The van der Waals surface area contributed by atoms with Crippen LogP contribution in [0.4, 0.5) is 17.1 Å². The third-order valence-corrected chi connectivity index (χ3v) is 12.5. The van der Waals surface area contributed by atoms with Gasteiger partial charge in [-0.3, -0.25) is 0 Å². The molecule has 0 radical (unpaired) electrons. The summed E-state index contributed by atoms with van der Waals surface area (Å²) in [6.45, 7) is 0. The van der Waals surface area contributed by atoms with Crippen LogP contribution in [0.2, 0.25) is 0 Å². The van der Waals surface area contributed by atoms with Gasteiger partial charge in [0.15, 0.2) is 0 Å². The molecule has 0 bridgehead atoms. The smallest absolute Gasteiger partial charge is 0.0541 e. The Labute approximate surface area is 366 Å². The van der Waals surface area contributed by atoms with Gasteiger partial charge in [0, 0.05) is 50.0 Å². The number of benzene rings is 10. The van der Waals surface area contributed by atoms with E-state index in [9.17, 15) is 0 Å². The summed E-state index contributed by atoms with van der Waals surface area (Å²) in [6.07, 6.45) is 0. The fourth-order valence-electron chi connectivity index (χ4n) is 9.52. The zero-order valence-corrected chi connectivity index (χ0v) is 34.5. The van der Waals surface area contributed by atoms with Crippen LogP contribution >= 0.6 is 0 Å². The van der Waals surface area contributed by atoms with E-state index in [0.29, 0.717) is 0 Å². The highest BCUT2D eigenvalue weighted by Gasteiger charge is 2.17. The Bertz CT molecular complexity index is 3530. The number of rotatable bonds is 8. The molecule has 3 nitrogen and oxygen atoms in total. The summed E-state index contributed by atoms with van der Waals surface area (Å²) >= 11 is 0. The normalized spacial score (nSPS) is 11.5. The van der Waals surface area contributed by atoms with Crippen LogP contribution < -0.4 is 4.90 Å². The minimum Gasteiger partial charge on any atom is -0.311 e. The van der Waals surface area contributed by atoms with Gasteiger partial charge >= 0.3 is 0 Å². The molecule has 0 saturated heterocycles. The summed E-state index contributed by atoms with van der Waals surface area (Å²) < 4.78 is 4.74. The van der Waals surface area contributed by atoms with E-state index in [1.165, 1.54) is 82.7 Å². The number of fused-ring (bicyclic) bond motifs is 6. The lowest BCUT2D eigenvalue weighted by Gasteiger charge is -2.26. The highest BCUT2D eigenvalue weighted by molar-refractivity contribution is 6.11. The monoisotopic (exact) mass is 803 g/mol. The lowest BCUT2D eigenvalue weighted by Crippen LogP contribution is -2.10. The molecular formula is C60H41N3. The van der Waals surface area contributed by atoms with Crippen molar-refractivity contribution < 1.29 is 0 Å². The van der Waals surface area contributed by atoms with Gasteiger partial charge in [0.05, 0.1) is 22.1 Å². The third kappa shape index (κ3) is 6.38. The van der Waals surface area contributed by atoms with Gasteiger partial charge in [0.2, 0.25) is 0 Å². The second-order valence-corrected chi connectivity index (χ2v) is 16.2. The number of hydrogen-bond donors (Lipinski definition) is 0. The van der Waals surface area contributed by atoms with Crippen molar-refractivity contribution in [1.29, 1.82) is 0 Å². The van der Waals surface area contributed by atoms with Gasteiger partial charge in [-0.05, 0) is 130 Å². The van der Waals surface area contributed by atoms with Crippen LogP contribution in [-0.4, -0.2) is 9.13 Å². The lowest BCUT2D eigenvalue weighted by molar-refractivity contribution is 1.17. The molecule has 12 aromatic rings. The van der Waals surface area contributed by atoms with E-state index in [2.05, 4.69) is 263 Å². The highest BCUT2D eigenvalue weighted by atomic mass is 15.1. The summed E-state index contributed by atoms with van der Waals surface area (Å²) in [5.41, 5.74) is 17.5. The maximum absolute atomic E-state index is 2.37. The molecule has 296 valence electrons. The standard InChI is InChI=1S/C60H41N3/c1-3-14-42(15-4-1)43-26-31-49(32-27-43)61(51-35-37-52(38-36-51)63-57-23-10-7-20-53(57)54-21-8-11-24-58(54)63)50-33-28-44(29-34-50)45-16-13-17-46(40-45)47-30-39-60-56(41-47)55-22-9-12-25-59(55)62(60)48-18-5-2-6-19-48/h1-41H. The first kappa shape index (κ1) is 36.5. The Balaban J connectivity index is 0.906. The second kappa shape index (κ2) is 15.3. The lowest BCUT2D eigenvalue weighted by atomic mass is 9.97. The minimum absolute atomic E-state index is 1.09. The van der Waals surface area contributed by atoms with Crippen molar-refractivity contribution >= 4 is 60.7 Å². The maximum Gasteiger partial charge on any atom is 0.0541 e. The fourth-order valence-corrected chi connectivity index (χ4v) is 9.52. The number of aromatic nitrogens is 2. The van der Waals surface area contributed by atoms with Gasteiger partial charge in [0.1, 0.15) is 0 Å². The fraction of sp³-hybridized carbons (Fsp3) is 0. The average molecular weight is 804 g/mol. The van der Waals surface area contributed by atoms with Gasteiger partial charge in [-0.25, -0.2) is 0 Å². The molecule has 0 N–H and O–H groups in total. The first-order valence-electron chi connectivity index (χ1n) is 21.6. The highest BCUT2D eigenvalue weighted by Crippen LogP contribution is 2.40. The van der Waals surface area contributed by atoms with E-state index in [-0.39, 0.29) is 0 Å². The summed E-state index contributed by atoms with van der Waals surface area (Å²) in [4.78, 5) is 2.35. The number of nitrogens with zero attached hydrogens (tertiary/aromatic N) is 3. The van der Waals surface area contributed by atoms with Crippen molar-refractivity contribution in [2.45, 2.75) is 0 Å². The molecule has 0 aliphatic carbocycles. The molecule has 0 fully saturated rings. The van der Waals surface area contributed by atoms with Crippen LogP contribution in [0.5, 0.6) is 0 Å². The van der Waals surface area contributed by atoms with Crippen LogP contribution in [0, 0.1) is 0 Å². The van der Waals surface area contributed by atoms with E-state index < -0.39 is 0 Å². The quantitative estimate of drug-likeness (QED) is 0.149. The van der Waals surface area contributed by atoms with Gasteiger partial charge in [-0.2, -0.15) is 0 Å². The first-order valence-corrected chi connectivity index (χ1v) is 21.6. The topological polar surface area (TPSA) is 13.1 Å². The van der Waals surface area contributed by atoms with E-state index >= 15 is 0 Å². The largest absolute Gasteiger partial charge is 0.311 e. The maximum atomic E-state index is 2.37. The SMILES string of the molecule is c1ccc(-c2ccc(N(c3ccc(-c4cccc(-c5ccc6c(c5)c5ccccc5n6-c5ccccc5)c4)cc3)c3ccc(-n4c5ccccc5c5ccccc54)cc3)cc2)cc1. The Morgan fingerprint density at radius 3 is 1.13 bits per heavy atom. The Kier molecular flexibility index (Phi) is 8.83. The molecule has 0 amide bonds. The number of anilines is 3. The molecule has 12 rings (SSSR count). The molecule has 0 saturated carbocycles. The van der Waals surface area contributed by atoms with Crippen molar-refractivity contribution in [1.82, 2.24) is 9.13 Å². The van der Waals surface area contributed by atoms with E-state index in [1.807, 2.05) is 0 Å². The summed E-state index contributed by atoms with van der Waals surface area (Å²) in [5.74, 6) is 0. The van der Waals surface area contributed by atoms with E-state index in [1.54, 1.807) is 0 Å². The summed E-state index contributed by atoms with van der Waals surface area (Å²) in [7, 11) is 0. The Morgan fingerprint density at radius 1 is 0.222 bits per heavy atom. The van der Waals surface area contributed by atoms with Gasteiger partial charge < -0.3 is 14.0 Å². The molecule has 0 unspecified atom stereocenters. The second-order valence-electron chi connectivity index (χ2n) is 16.2.